The fourth-order valence-corrected chi connectivity index (χ4v) is 4.22. The van der Waals surface area contributed by atoms with Crippen molar-refractivity contribution in [1.29, 1.82) is 0 Å². The van der Waals surface area contributed by atoms with Gasteiger partial charge in [0.15, 0.2) is 0 Å². The lowest BCUT2D eigenvalue weighted by Crippen LogP contribution is -2.62. The molecule has 3 rings (SSSR count). The summed E-state index contributed by atoms with van der Waals surface area (Å²) in [6.07, 6.45) is 3.13. The van der Waals surface area contributed by atoms with E-state index in [0.717, 1.165) is 19.4 Å². The molecule has 1 atom stereocenters. The Labute approximate surface area is 154 Å². The molecule has 26 heavy (non-hydrogen) atoms. The van der Waals surface area contributed by atoms with Gasteiger partial charge in [0.1, 0.15) is 5.54 Å². The largest absolute Gasteiger partial charge is 0.465 e. The number of benzene rings is 1. The highest BCUT2D eigenvalue weighted by Crippen LogP contribution is 2.39. The SMILES string of the molecule is COC(=O)c1cccc(C(=O)N2CCCC23CCCN(C(C)C)C3=O)c1. The van der Waals surface area contributed by atoms with Crippen molar-refractivity contribution in [2.75, 3.05) is 20.2 Å². The van der Waals surface area contributed by atoms with E-state index in [9.17, 15) is 14.4 Å². The number of carbonyl (C=O) groups excluding carboxylic acids is 3. The highest BCUT2D eigenvalue weighted by molar-refractivity contribution is 6.01. The Hall–Kier alpha value is -2.37. The highest BCUT2D eigenvalue weighted by Gasteiger charge is 2.53. The lowest BCUT2D eigenvalue weighted by Gasteiger charge is -2.46. The zero-order valence-corrected chi connectivity index (χ0v) is 15.7. The zero-order chi connectivity index (χ0) is 18.9. The van der Waals surface area contributed by atoms with Gasteiger partial charge in [-0.3, -0.25) is 9.59 Å². The van der Waals surface area contributed by atoms with Gasteiger partial charge in [0.2, 0.25) is 5.91 Å². The van der Waals surface area contributed by atoms with Crippen LogP contribution in [0, 0.1) is 0 Å². The first-order valence-electron chi connectivity index (χ1n) is 9.22. The molecule has 2 aliphatic rings. The zero-order valence-electron chi connectivity index (χ0n) is 15.7. The molecule has 2 fully saturated rings. The van der Waals surface area contributed by atoms with E-state index in [4.69, 9.17) is 4.74 Å². The number of hydrogen-bond acceptors (Lipinski definition) is 4. The smallest absolute Gasteiger partial charge is 0.337 e. The quantitative estimate of drug-likeness (QED) is 0.779. The molecule has 2 amide bonds. The first-order chi connectivity index (χ1) is 12.4. The van der Waals surface area contributed by atoms with Crippen LogP contribution in [0.5, 0.6) is 0 Å². The summed E-state index contributed by atoms with van der Waals surface area (Å²) >= 11 is 0. The number of methoxy groups -OCH3 is 1. The number of carbonyl (C=O) groups is 3. The van der Waals surface area contributed by atoms with Crippen molar-refractivity contribution in [3.63, 3.8) is 0 Å². The Morgan fingerprint density at radius 1 is 1.12 bits per heavy atom. The molecular formula is C20H26N2O4. The van der Waals surface area contributed by atoms with Crippen molar-refractivity contribution in [2.24, 2.45) is 0 Å². The van der Waals surface area contributed by atoms with Crippen LogP contribution in [-0.2, 0) is 9.53 Å². The highest BCUT2D eigenvalue weighted by atomic mass is 16.5. The Kier molecular flexibility index (Phi) is 5.03. The second-order valence-electron chi connectivity index (χ2n) is 7.36. The van der Waals surface area contributed by atoms with Crippen molar-refractivity contribution >= 4 is 17.8 Å². The summed E-state index contributed by atoms with van der Waals surface area (Å²) in [7, 11) is 1.31. The standard InChI is InChI=1S/C20H26N2O4/c1-14(2)21-11-5-9-20(19(21)25)10-6-12-22(20)17(23)15-7-4-8-16(13-15)18(24)26-3/h4,7-8,13-14H,5-6,9-12H2,1-3H3. The molecule has 1 aromatic rings. The third-order valence-corrected chi connectivity index (χ3v) is 5.54. The predicted octanol–water partition coefficient (Wildman–Crippen LogP) is 2.48. The van der Waals surface area contributed by atoms with Gasteiger partial charge in [-0.05, 0) is 57.7 Å². The van der Waals surface area contributed by atoms with E-state index in [1.54, 1.807) is 29.2 Å². The van der Waals surface area contributed by atoms with Gasteiger partial charge in [-0.2, -0.15) is 0 Å². The van der Waals surface area contributed by atoms with Crippen LogP contribution in [0.3, 0.4) is 0 Å². The fraction of sp³-hybridized carbons (Fsp3) is 0.550. The molecule has 2 heterocycles. The number of hydrogen-bond donors (Lipinski definition) is 0. The van der Waals surface area contributed by atoms with E-state index in [1.165, 1.54) is 7.11 Å². The van der Waals surface area contributed by atoms with Crippen molar-refractivity contribution in [2.45, 2.75) is 51.1 Å². The molecule has 0 aromatic heterocycles. The molecule has 0 saturated carbocycles. The van der Waals surface area contributed by atoms with Gasteiger partial charge in [0.05, 0.1) is 12.7 Å². The van der Waals surface area contributed by atoms with Crippen LogP contribution >= 0.6 is 0 Å². The van der Waals surface area contributed by atoms with Crippen LogP contribution in [0.25, 0.3) is 0 Å². The minimum absolute atomic E-state index is 0.0636. The third kappa shape index (κ3) is 2.97. The Balaban J connectivity index is 1.92. The number of ether oxygens (including phenoxy) is 1. The van der Waals surface area contributed by atoms with Crippen molar-refractivity contribution in [3.05, 3.63) is 35.4 Å². The molecule has 0 bridgehead atoms. The second-order valence-corrected chi connectivity index (χ2v) is 7.36. The van der Waals surface area contributed by atoms with E-state index >= 15 is 0 Å². The fourth-order valence-electron chi connectivity index (χ4n) is 4.22. The first kappa shape index (κ1) is 18.4. The van der Waals surface area contributed by atoms with Crippen molar-refractivity contribution in [3.8, 4) is 0 Å². The molecule has 6 heteroatoms. The molecule has 0 N–H and O–H groups in total. The van der Waals surface area contributed by atoms with Crippen LogP contribution in [0.15, 0.2) is 24.3 Å². The third-order valence-electron chi connectivity index (χ3n) is 5.54. The summed E-state index contributed by atoms with van der Waals surface area (Å²) in [6, 6.07) is 6.65. The van der Waals surface area contributed by atoms with Crippen LogP contribution in [0.2, 0.25) is 0 Å². The molecule has 2 saturated heterocycles. The topological polar surface area (TPSA) is 66.9 Å². The lowest BCUT2D eigenvalue weighted by atomic mass is 9.84. The van der Waals surface area contributed by atoms with Gasteiger partial charge < -0.3 is 14.5 Å². The van der Waals surface area contributed by atoms with E-state index in [0.29, 0.717) is 30.5 Å². The average molecular weight is 358 g/mol. The molecule has 6 nitrogen and oxygen atoms in total. The summed E-state index contributed by atoms with van der Waals surface area (Å²) in [5, 5.41) is 0. The van der Waals surface area contributed by atoms with Gasteiger partial charge in [-0.1, -0.05) is 6.07 Å². The maximum atomic E-state index is 13.2. The number of nitrogens with zero attached hydrogens (tertiary/aromatic N) is 2. The number of esters is 1. The van der Waals surface area contributed by atoms with E-state index in [-0.39, 0.29) is 17.9 Å². The molecule has 1 spiro atoms. The molecule has 140 valence electrons. The molecule has 0 aliphatic carbocycles. The molecular weight excluding hydrogens is 332 g/mol. The van der Waals surface area contributed by atoms with Crippen LogP contribution in [-0.4, -0.2) is 59.4 Å². The van der Waals surface area contributed by atoms with Gasteiger partial charge in [0, 0.05) is 24.7 Å². The molecule has 1 aromatic carbocycles. The van der Waals surface area contributed by atoms with Gasteiger partial charge in [0.25, 0.3) is 5.91 Å². The molecule has 2 aliphatic heterocycles. The summed E-state index contributed by atoms with van der Waals surface area (Å²) in [5.41, 5.74) is 0.0231. The van der Waals surface area contributed by atoms with Gasteiger partial charge >= 0.3 is 5.97 Å². The average Bonchev–Trinajstić information content (AvgIpc) is 3.07. The van der Waals surface area contributed by atoms with Gasteiger partial charge in [-0.25, -0.2) is 4.79 Å². The van der Waals surface area contributed by atoms with Crippen LogP contribution in [0.4, 0.5) is 0 Å². The minimum atomic E-state index is -0.735. The van der Waals surface area contributed by atoms with E-state index < -0.39 is 11.5 Å². The van der Waals surface area contributed by atoms with Crippen molar-refractivity contribution < 1.29 is 19.1 Å². The normalized spacial score (nSPS) is 23.0. The van der Waals surface area contributed by atoms with E-state index in [1.807, 2.05) is 18.7 Å². The van der Waals surface area contributed by atoms with Gasteiger partial charge in [-0.15, -0.1) is 0 Å². The van der Waals surface area contributed by atoms with Crippen LogP contribution < -0.4 is 0 Å². The summed E-state index contributed by atoms with van der Waals surface area (Å²) in [6.45, 7) is 5.34. The number of piperidine rings is 1. The lowest BCUT2D eigenvalue weighted by molar-refractivity contribution is -0.147. The number of rotatable bonds is 3. The number of likely N-dealkylation sites (tertiary alicyclic amines) is 2. The Morgan fingerprint density at radius 2 is 1.77 bits per heavy atom. The second kappa shape index (κ2) is 7.09. The first-order valence-corrected chi connectivity index (χ1v) is 9.22. The Morgan fingerprint density at radius 3 is 2.42 bits per heavy atom. The maximum Gasteiger partial charge on any atom is 0.337 e. The summed E-state index contributed by atoms with van der Waals surface area (Å²) < 4.78 is 4.74. The molecule has 0 radical (unpaired) electrons. The van der Waals surface area contributed by atoms with Crippen LogP contribution in [0.1, 0.15) is 60.2 Å². The summed E-state index contributed by atoms with van der Waals surface area (Å²) in [5.74, 6) is -0.601. The number of amides is 2. The molecule has 1 unspecified atom stereocenters. The summed E-state index contributed by atoms with van der Waals surface area (Å²) in [4.78, 5) is 41.8. The monoisotopic (exact) mass is 358 g/mol. The Bertz CT molecular complexity index is 730. The van der Waals surface area contributed by atoms with Crippen molar-refractivity contribution in [1.82, 2.24) is 9.80 Å². The maximum absolute atomic E-state index is 13.2. The predicted molar refractivity (Wildman–Crippen MR) is 96.9 cm³/mol. The minimum Gasteiger partial charge on any atom is -0.465 e. The van der Waals surface area contributed by atoms with E-state index in [2.05, 4.69) is 0 Å².